The van der Waals surface area contributed by atoms with Crippen molar-refractivity contribution in [2.45, 2.75) is 13.1 Å². The van der Waals surface area contributed by atoms with Gasteiger partial charge in [-0.2, -0.15) is 0 Å². The van der Waals surface area contributed by atoms with E-state index in [0.717, 1.165) is 11.3 Å². The minimum Gasteiger partial charge on any atom is -0.494 e. The molecule has 0 spiro atoms. The third-order valence-electron chi connectivity index (χ3n) is 3.11. The van der Waals surface area contributed by atoms with Gasteiger partial charge in [-0.3, -0.25) is 4.90 Å². The number of rotatable bonds is 5. The smallest absolute Gasteiger partial charge is 0.169 e. The number of nitrogens with zero attached hydrogens (tertiary/aromatic N) is 1. The highest BCUT2D eigenvalue weighted by atomic mass is 19.1. The second-order valence-electron chi connectivity index (χ2n) is 4.85. The van der Waals surface area contributed by atoms with E-state index < -0.39 is 0 Å². The second-order valence-corrected chi connectivity index (χ2v) is 4.85. The monoisotopic (exact) mass is 274 g/mol. The highest BCUT2D eigenvalue weighted by Crippen LogP contribution is 2.21. The Morgan fingerprint density at radius 2 is 1.90 bits per heavy atom. The van der Waals surface area contributed by atoms with Crippen LogP contribution in [-0.4, -0.2) is 19.1 Å². The lowest BCUT2D eigenvalue weighted by Crippen LogP contribution is -2.18. The van der Waals surface area contributed by atoms with Gasteiger partial charge in [0.25, 0.3) is 0 Å². The molecule has 0 unspecified atom stereocenters. The summed E-state index contributed by atoms with van der Waals surface area (Å²) in [7, 11) is 3.42. The van der Waals surface area contributed by atoms with Crippen LogP contribution in [-0.2, 0) is 13.1 Å². The molecule has 0 aliphatic rings. The maximum absolute atomic E-state index is 14.1. The molecule has 0 radical (unpaired) electrons. The molecule has 2 rings (SSSR count). The summed E-state index contributed by atoms with van der Waals surface area (Å²) in [5.74, 6) is -0.0192. The molecule has 0 bridgehead atoms. The van der Waals surface area contributed by atoms with Crippen molar-refractivity contribution in [1.82, 2.24) is 4.90 Å². The maximum atomic E-state index is 14.1. The summed E-state index contributed by atoms with van der Waals surface area (Å²) >= 11 is 0. The van der Waals surface area contributed by atoms with E-state index in [2.05, 4.69) is 0 Å². The van der Waals surface area contributed by atoms with Crippen molar-refractivity contribution in [2.24, 2.45) is 0 Å². The molecular formula is C16H19FN2O. The highest BCUT2D eigenvalue weighted by molar-refractivity contribution is 5.40. The van der Waals surface area contributed by atoms with E-state index in [1.54, 1.807) is 18.2 Å². The van der Waals surface area contributed by atoms with E-state index >= 15 is 0 Å². The maximum Gasteiger partial charge on any atom is 0.169 e. The fourth-order valence-corrected chi connectivity index (χ4v) is 2.19. The number of halogens is 1. The quantitative estimate of drug-likeness (QED) is 0.852. The number of hydrogen-bond acceptors (Lipinski definition) is 3. The topological polar surface area (TPSA) is 38.5 Å². The lowest BCUT2D eigenvalue weighted by molar-refractivity contribution is 0.309. The molecule has 0 heterocycles. The Hall–Kier alpha value is -2.07. The number of nitrogens with two attached hydrogens (primary N) is 1. The number of hydrogen-bond donors (Lipinski definition) is 1. The molecule has 106 valence electrons. The standard InChI is InChI=1S/C16H19FN2O/c1-19(10-12-5-3-7-14(18)9-12)11-13-6-4-8-15(20-2)16(13)17/h3-9H,10-11,18H2,1-2H3. The number of nitrogen functional groups attached to an aromatic ring is 1. The fourth-order valence-electron chi connectivity index (χ4n) is 2.19. The summed E-state index contributed by atoms with van der Waals surface area (Å²) in [4.78, 5) is 2.03. The van der Waals surface area contributed by atoms with Gasteiger partial charge in [0.2, 0.25) is 0 Å². The zero-order valence-corrected chi connectivity index (χ0v) is 11.8. The minimum atomic E-state index is -0.297. The van der Waals surface area contributed by atoms with E-state index in [4.69, 9.17) is 10.5 Å². The largest absolute Gasteiger partial charge is 0.494 e. The molecule has 0 fully saturated rings. The van der Waals surface area contributed by atoms with Crippen LogP contribution in [0.25, 0.3) is 0 Å². The molecule has 0 saturated heterocycles. The predicted octanol–water partition coefficient (Wildman–Crippen LogP) is 3.05. The average molecular weight is 274 g/mol. The van der Waals surface area contributed by atoms with Crippen LogP contribution in [0.15, 0.2) is 42.5 Å². The first-order valence-electron chi connectivity index (χ1n) is 6.44. The number of methoxy groups -OCH3 is 1. The van der Waals surface area contributed by atoms with Crippen molar-refractivity contribution >= 4 is 5.69 Å². The molecule has 0 atom stereocenters. The molecule has 3 nitrogen and oxygen atoms in total. The molecule has 0 aliphatic carbocycles. The summed E-state index contributed by atoms with van der Waals surface area (Å²) in [6.45, 7) is 1.22. The summed E-state index contributed by atoms with van der Waals surface area (Å²) in [5.41, 5.74) is 8.22. The van der Waals surface area contributed by atoms with E-state index in [1.165, 1.54) is 7.11 Å². The summed E-state index contributed by atoms with van der Waals surface area (Å²) in [6.07, 6.45) is 0. The van der Waals surface area contributed by atoms with Crippen LogP contribution in [0.2, 0.25) is 0 Å². The van der Waals surface area contributed by atoms with Gasteiger partial charge in [-0.05, 0) is 30.8 Å². The zero-order chi connectivity index (χ0) is 14.5. The van der Waals surface area contributed by atoms with Gasteiger partial charge in [0.1, 0.15) is 0 Å². The number of anilines is 1. The van der Waals surface area contributed by atoms with Crippen molar-refractivity contribution < 1.29 is 9.13 Å². The fraction of sp³-hybridized carbons (Fsp3) is 0.250. The van der Waals surface area contributed by atoms with Crippen LogP contribution < -0.4 is 10.5 Å². The van der Waals surface area contributed by atoms with E-state index in [9.17, 15) is 4.39 Å². The van der Waals surface area contributed by atoms with Crippen molar-refractivity contribution in [3.8, 4) is 5.75 Å². The van der Waals surface area contributed by atoms with E-state index in [1.807, 2.05) is 36.2 Å². The van der Waals surface area contributed by atoms with Crippen LogP contribution in [0.3, 0.4) is 0 Å². The summed E-state index contributed by atoms with van der Waals surface area (Å²) < 4.78 is 19.1. The van der Waals surface area contributed by atoms with Gasteiger partial charge in [-0.15, -0.1) is 0 Å². The van der Waals surface area contributed by atoms with E-state index in [-0.39, 0.29) is 11.6 Å². The van der Waals surface area contributed by atoms with Crippen LogP contribution in [0.5, 0.6) is 5.75 Å². The molecule has 2 aromatic rings. The summed E-state index contributed by atoms with van der Waals surface area (Å²) in [5, 5.41) is 0. The normalized spacial score (nSPS) is 10.8. The molecule has 2 N–H and O–H groups in total. The van der Waals surface area contributed by atoms with Gasteiger partial charge in [-0.25, -0.2) is 4.39 Å². The Kier molecular flexibility index (Phi) is 4.58. The first-order chi connectivity index (χ1) is 9.60. The van der Waals surface area contributed by atoms with Crippen LogP contribution in [0, 0.1) is 5.82 Å². The predicted molar refractivity (Wildman–Crippen MR) is 79.0 cm³/mol. The van der Waals surface area contributed by atoms with Gasteiger partial charge in [-0.1, -0.05) is 24.3 Å². The van der Waals surface area contributed by atoms with Crippen LogP contribution in [0.4, 0.5) is 10.1 Å². The molecule has 0 saturated carbocycles. The number of ether oxygens (including phenoxy) is 1. The first-order valence-corrected chi connectivity index (χ1v) is 6.44. The average Bonchev–Trinajstić information content (AvgIpc) is 2.41. The minimum absolute atomic E-state index is 0.278. The Morgan fingerprint density at radius 3 is 2.60 bits per heavy atom. The van der Waals surface area contributed by atoms with Gasteiger partial charge >= 0.3 is 0 Å². The molecule has 0 aromatic heterocycles. The SMILES string of the molecule is COc1cccc(CN(C)Cc2cccc(N)c2)c1F. The van der Waals surface area contributed by atoms with Crippen LogP contribution >= 0.6 is 0 Å². The third-order valence-corrected chi connectivity index (χ3v) is 3.11. The van der Waals surface area contributed by atoms with Gasteiger partial charge in [0.15, 0.2) is 11.6 Å². The number of benzene rings is 2. The van der Waals surface area contributed by atoms with Gasteiger partial charge in [0, 0.05) is 24.3 Å². The molecule has 0 amide bonds. The molecule has 20 heavy (non-hydrogen) atoms. The van der Waals surface area contributed by atoms with Gasteiger partial charge in [0.05, 0.1) is 7.11 Å². The van der Waals surface area contributed by atoms with Crippen molar-refractivity contribution in [3.63, 3.8) is 0 Å². The molecule has 2 aromatic carbocycles. The lowest BCUT2D eigenvalue weighted by Gasteiger charge is -2.18. The second kappa shape index (κ2) is 6.39. The zero-order valence-electron chi connectivity index (χ0n) is 11.8. The van der Waals surface area contributed by atoms with Crippen molar-refractivity contribution in [1.29, 1.82) is 0 Å². The van der Waals surface area contributed by atoms with Crippen molar-refractivity contribution in [3.05, 3.63) is 59.4 Å². The molecular weight excluding hydrogens is 255 g/mol. The molecule has 4 heteroatoms. The Bertz CT molecular complexity index is 586. The summed E-state index contributed by atoms with van der Waals surface area (Å²) in [6, 6.07) is 12.9. The Balaban J connectivity index is 2.06. The highest BCUT2D eigenvalue weighted by Gasteiger charge is 2.10. The lowest BCUT2D eigenvalue weighted by atomic mass is 10.1. The Labute approximate surface area is 118 Å². The van der Waals surface area contributed by atoms with Gasteiger partial charge < -0.3 is 10.5 Å². The third kappa shape index (κ3) is 3.48. The first kappa shape index (κ1) is 14.3. The van der Waals surface area contributed by atoms with Crippen LogP contribution in [0.1, 0.15) is 11.1 Å². The Morgan fingerprint density at radius 1 is 1.15 bits per heavy atom. The van der Waals surface area contributed by atoms with E-state index in [0.29, 0.717) is 18.7 Å². The molecule has 0 aliphatic heterocycles. The van der Waals surface area contributed by atoms with Crippen molar-refractivity contribution in [2.75, 3.05) is 19.9 Å².